The molecular formula is C16H20F2N4O2. The highest BCUT2D eigenvalue weighted by atomic mass is 19.3. The van der Waals surface area contributed by atoms with Gasteiger partial charge in [0.2, 0.25) is 0 Å². The normalized spacial score (nSPS) is 10.7. The maximum absolute atomic E-state index is 12.7. The van der Waals surface area contributed by atoms with Crippen LogP contribution in [0.4, 0.5) is 19.3 Å². The fourth-order valence-electron chi connectivity index (χ4n) is 2.06. The fraction of sp³-hybridized carbons (Fsp3) is 0.375. The molecule has 0 spiro atoms. The van der Waals surface area contributed by atoms with Gasteiger partial charge in [0.1, 0.15) is 11.6 Å². The first-order valence-electron chi connectivity index (χ1n) is 7.67. The van der Waals surface area contributed by atoms with E-state index in [4.69, 9.17) is 4.74 Å². The number of anilines is 1. The van der Waals surface area contributed by atoms with E-state index in [9.17, 15) is 13.6 Å². The molecule has 2 N–H and O–H groups in total. The van der Waals surface area contributed by atoms with Crippen LogP contribution in [0.15, 0.2) is 36.7 Å². The average molecular weight is 338 g/mol. The van der Waals surface area contributed by atoms with Crippen molar-refractivity contribution in [2.75, 3.05) is 18.5 Å². The lowest BCUT2D eigenvalue weighted by atomic mass is 10.3. The second kappa shape index (κ2) is 8.85. The fourth-order valence-corrected chi connectivity index (χ4v) is 2.06. The van der Waals surface area contributed by atoms with E-state index in [0.717, 1.165) is 11.0 Å². The minimum absolute atomic E-state index is 0.196. The van der Waals surface area contributed by atoms with Gasteiger partial charge in [0.25, 0.3) is 0 Å². The summed E-state index contributed by atoms with van der Waals surface area (Å²) in [5.74, 6) is 0.897. The zero-order valence-corrected chi connectivity index (χ0v) is 13.3. The number of urea groups is 1. The van der Waals surface area contributed by atoms with Crippen LogP contribution in [0.2, 0.25) is 0 Å². The molecule has 130 valence electrons. The van der Waals surface area contributed by atoms with Crippen molar-refractivity contribution in [3.63, 3.8) is 0 Å². The number of alkyl halides is 2. The van der Waals surface area contributed by atoms with Gasteiger partial charge in [-0.1, -0.05) is 13.0 Å². The first-order chi connectivity index (χ1) is 11.6. The van der Waals surface area contributed by atoms with Gasteiger partial charge in [-0.25, -0.2) is 9.78 Å². The number of hydrogen-bond acceptors (Lipinski definition) is 3. The molecule has 0 atom stereocenters. The molecule has 0 saturated carbocycles. The molecule has 1 aromatic carbocycles. The average Bonchev–Trinajstić information content (AvgIpc) is 3.02. The molecule has 8 heteroatoms. The molecule has 24 heavy (non-hydrogen) atoms. The Balaban J connectivity index is 1.80. The molecule has 0 aliphatic rings. The summed E-state index contributed by atoms with van der Waals surface area (Å²) in [6.45, 7) is 0.172. The smallest absolute Gasteiger partial charge is 0.319 e. The van der Waals surface area contributed by atoms with Gasteiger partial charge in [-0.2, -0.15) is 8.78 Å². The second-order valence-electron chi connectivity index (χ2n) is 5.04. The van der Waals surface area contributed by atoms with Gasteiger partial charge in [0.15, 0.2) is 0 Å². The number of aromatic nitrogens is 2. The Kier molecular flexibility index (Phi) is 6.53. The molecule has 1 aromatic heterocycles. The van der Waals surface area contributed by atoms with Crippen molar-refractivity contribution in [2.45, 2.75) is 26.3 Å². The van der Waals surface area contributed by atoms with Crippen LogP contribution in [0.25, 0.3) is 0 Å². The highest BCUT2D eigenvalue weighted by Crippen LogP contribution is 2.17. The summed E-state index contributed by atoms with van der Waals surface area (Å²) >= 11 is 0. The molecule has 0 saturated heterocycles. The highest BCUT2D eigenvalue weighted by Gasteiger charge is 2.11. The summed E-state index contributed by atoms with van der Waals surface area (Å²) < 4.78 is 31.6. The maximum atomic E-state index is 12.7. The van der Waals surface area contributed by atoms with Crippen LogP contribution in [0, 0.1) is 0 Å². The lowest BCUT2D eigenvalue weighted by Crippen LogP contribution is -2.31. The van der Waals surface area contributed by atoms with Crippen molar-refractivity contribution < 1.29 is 18.3 Å². The van der Waals surface area contributed by atoms with Crippen molar-refractivity contribution in [2.24, 2.45) is 0 Å². The van der Waals surface area contributed by atoms with Crippen LogP contribution in [0.3, 0.4) is 0 Å². The van der Waals surface area contributed by atoms with E-state index < -0.39 is 12.6 Å². The number of rotatable bonds is 8. The summed E-state index contributed by atoms with van der Waals surface area (Å²) in [4.78, 5) is 15.7. The molecule has 0 unspecified atom stereocenters. The minimum Gasteiger partial charge on any atom is -0.494 e. The van der Waals surface area contributed by atoms with E-state index in [2.05, 4.69) is 15.6 Å². The molecule has 0 radical (unpaired) electrons. The molecule has 2 rings (SSSR count). The predicted molar refractivity (Wildman–Crippen MR) is 86.4 cm³/mol. The zero-order valence-electron chi connectivity index (χ0n) is 13.3. The van der Waals surface area contributed by atoms with E-state index >= 15 is 0 Å². The topological polar surface area (TPSA) is 68.2 Å². The van der Waals surface area contributed by atoms with E-state index in [1.54, 1.807) is 18.2 Å². The van der Waals surface area contributed by atoms with Gasteiger partial charge in [-0.15, -0.1) is 0 Å². The Morgan fingerprint density at radius 1 is 1.42 bits per heavy atom. The van der Waals surface area contributed by atoms with Crippen LogP contribution >= 0.6 is 0 Å². The van der Waals surface area contributed by atoms with E-state index in [1.165, 1.54) is 12.4 Å². The van der Waals surface area contributed by atoms with Crippen molar-refractivity contribution >= 4 is 11.7 Å². The summed E-state index contributed by atoms with van der Waals surface area (Å²) in [5.41, 5.74) is 0.593. The Labute approximate surface area is 138 Å². The molecule has 6 nitrogen and oxygen atoms in total. The third kappa shape index (κ3) is 5.22. The molecule has 2 amide bonds. The number of benzene rings is 1. The Bertz CT molecular complexity index is 661. The van der Waals surface area contributed by atoms with Crippen LogP contribution in [0.1, 0.15) is 25.7 Å². The number of carbonyl (C=O) groups excluding carboxylic acids is 1. The quantitative estimate of drug-likeness (QED) is 0.775. The van der Waals surface area contributed by atoms with Crippen molar-refractivity contribution in [3.8, 4) is 5.75 Å². The Morgan fingerprint density at radius 2 is 2.25 bits per heavy atom. The third-order valence-electron chi connectivity index (χ3n) is 3.16. The van der Waals surface area contributed by atoms with Crippen LogP contribution in [0.5, 0.6) is 5.75 Å². The van der Waals surface area contributed by atoms with E-state index in [0.29, 0.717) is 18.0 Å². The largest absolute Gasteiger partial charge is 0.494 e. The van der Waals surface area contributed by atoms with Gasteiger partial charge in [-0.3, -0.25) is 4.57 Å². The first kappa shape index (κ1) is 17.7. The molecule has 1 heterocycles. The number of hydrogen-bond donors (Lipinski definition) is 2. The van der Waals surface area contributed by atoms with Crippen molar-refractivity contribution in [1.82, 2.24) is 14.9 Å². The summed E-state index contributed by atoms with van der Waals surface area (Å²) in [6.07, 6.45) is 3.63. The molecule has 2 aromatic rings. The Morgan fingerprint density at radius 3 is 3.00 bits per heavy atom. The van der Waals surface area contributed by atoms with Gasteiger partial charge in [0.05, 0.1) is 6.61 Å². The summed E-state index contributed by atoms with van der Waals surface area (Å²) in [7, 11) is 0. The minimum atomic E-state index is -2.64. The van der Waals surface area contributed by atoms with Gasteiger partial charge < -0.3 is 15.4 Å². The highest BCUT2D eigenvalue weighted by molar-refractivity contribution is 5.89. The number of ether oxygens (including phenoxy) is 1. The van der Waals surface area contributed by atoms with Gasteiger partial charge in [-0.05, 0) is 18.6 Å². The molecule has 0 aliphatic carbocycles. The zero-order chi connectivity index (χ0) is 17.4. The molecular weight excluding hydrogens is 318 g/mol. The van der Waals surface area contributed by atoms with Gasteiger partial charge >= 0.3 is 12.6 Å². The van der Waals surface area contributed by atoms with E-state index in [-0.39, 0.29) is 18.8 Å². The van der Waals surface area contributed by atoms with Crippen LogP contribution in [-0.2, 0) is 6.42 Å². The first-order valence-corrected chi connectivity index (χ1v) is 7.67. The van der Waals surface area contributed by atoms with E-state index in [1.807, 2.05) is 13.0 Å². The number of amides is 2. The van der Waals surface area contributed by atoms with Gasteiger partial charge in [0, 0.05) is 37.1 Å². The van der Waals surface area contributed by atoms with Crippen LogP contribution in [-0.4, -0.2) is 28.7 Å². The van der Waals surface area contributed by atoms with Crippen LogP contribution < -0.4 is 15.4 Å². The SMILES string of the molecule is CCCOc1cccc(NC(=O)NCCc2nccn2C(F)F)c1. The molecule has 0 fully saturated rings. The summed E-state index contributed by atoms with van der Waals surface area (Å²) in [5, 5.41) is 5.28. The second-order valence-corrected chi connectivity index (χ2v) is 5.04. The number of imidazole rings is 1. The number of carbonyl (C=O) groups is 1. The molecule has 0 aliphatic heterocycles. The number of nitrogens with zero attached hydrogens (tertiary/aromatic N) is 2. The lowest BCUT2D eigenvalue weighted by Gasteiger charge is -2.10. The predicted octanol–water partition coefficient (Wildman–Crippen LogP) is 3.43. The van der Waals surface area contributed by atoms with Crippen molar-refractivity contribution in [1.29, 1.82) is 0 Å². The lowest BCUT2D eigenvalue weighted by molar-refractivity contribution is 0.0670. The number of nitrogens with one attached hydrogen (secondary N) is 2. The third-order valence-corrected chi connectivity index (χ3v) is 3.16. The summed E-state index contributed by atoms with van der Waals surface area (Å²) in [6, 6.07) is 6.63. The Hall–Kier alpha value is -2.64. The number of halogens is 2. The van der Waals surface area contributed by atoms with Crippen molar-refractivity contribution in [3.05, 3.63) is 42.5 Å². The maximum Gasteiger partial charge on any atom is 0.319 e. The monoisotopic (exact) mass is 338 g/mol. The molecule has 0 bridgehead atoms. The standard InChI is InChI=1S/C16H20F2N4O2/c1-2-10-24-13-5-3-4-12(11-13)21-16(23)20-7-6-14-19-8-9-22(14)15(17)18/h3-5,8-9,11,15H,2,6-7,10H2,1H3,(H2,20,21,23).